The molecule has 0 spiro atoms. The molecule has 0 aliphatic rings. The molecule has 2 aromatic rings. The zero-order valence-corrected chi connectivity index (χ0v) is 8.65. The van der Waals surface area contributed by atoms with Crippen molar-refractivity contribution in [1.29, 1.82) is 0 Å². The van der Waals surface area contributed by atoms with Crippen LogP contribution in [0.25, 0.3) is 11.0 Å². The van der Waals surface area contributed by atoms with Crippen LogP contribution in [0.2, 0.25) is 0 Å². The van der Waals surface area contributed by atoms with Gasteiger partial charge in [-0.1, -0.05) is 32.0 Å². The van der Waals surface area contributed by atoms with E-state index in [9.17, 15) is 4.79 Å². The molecule has 0 amide bonds. The predicted octanol–water partition coefficient (Wildman–Crippen LogP) is 3.25. The van der Waals surface area contributed by atoms with Gasteiger partial charge in [0.2, 0.25) is 5.76 Å². The van der Waals surface area contributed by atoms with E-state index >= 15 is 0 Å². The lowest BCUT2D eigenvalue weighted by Gasteiger charge is -2.02. The van der Waals surface area contributed by atoms with Gasteiger partial charge in [-0.15, -0.1) is 0 Å². The van der Waals surface area contributed by atoms with E-state index in [0.29, 0.717) is 5.58 Å². The molecule has 0 unspecified atom stereocenters. The fourth-order valence-electron chi connectivity index (χ4n) is 1.80. The van der Waals surface area contributed by atoms with Gasteiger partial charge < -0.3 is 9.52 Å². The van der Waals surface area contributed by atoms with E-state index in [1.807, 2.05) is 32.0 Å². The van der Waals surface area contributed by atoms with Crippen LogP contribution in [-0.2, 0) is 0 Å². The Bertz CT molecular complexity index is 509. The number of hydrogen-bond acceptors (Lipinski definition) is 2. The fourth-order valence-corrected chi connectivity index (χ4v) is 1.80. The SMILES string of the molecule is CC(C)c1c(C(=O)O)oc2ccccc12. The van der Waals surface area contributed by atoms with Gasteiger partial charge in [-0.2, -0.15) is 0 Å². The molecule has 0 saturated heterocycles. The fraction of sp³-hybridized carbons (Fsp3) is 0.250. The third-order valence-electron chi connectivity index (χ3n) is 2.41. The van der Waals surface area contributed by atoms with Gasteiger partial charge in [0.25, 0.3) is 0 Å². The van der Waals surface area contributed by atoms with Gasteiger partial charge >= 0.3 is 5.97 Å². The summed E-state index contributed by atoms with van der Waals surface area (Å²) in [6, 6.07) is 7.39. The Balaban J connectivity index is 2.80. The highest BCUT2D eigenvalue weighted by Gasteiger charge is 2.21. The first kappa shape index (κ1) is 9.77. The van der Waals surface area contributed by atoms with Gasteiger partial charge in [-0.25, -0.2) is 4.79 Å². The molecule has 0 radical (unpaired) electrons. The van der Waals surface area contributed by atoms with E-state index in [1.54, 1.807) is 6.07 Å². The van der Waals surface area contributed by atoms with Crippen molar-refractivity contribution in [3.05, 3.63) is 35.6 Å². The van der Waals surface area contributed by atoms with Crippen LogP contribution in [0, 0.1) is 0 Å². The molecule has 0 saturated carbocycles. The molecule has 2 rings (SSSR count). The van der Waals surface area contributed by atoms with Crippen LogP contribution in [0.15, 0.2) is 28.7 Å². The van der Waals surface area contributed by atoms with Crippen LogP contribution in [0.1, 0.15) is 35.9 Å². The highest BCUT2D eigenvalue weighted by atomic mass is 16.4. The molecule has 78 valence electrons. The average molecular weight is 204 g/mol. The number of carboxylic acids is 1. The Hall–Kier alpha value is -1.77. The van der Waals surface area contributed by atoms with Crippen molar-refractivity contribution in [2.24, 2.45) is 0 Å². The Morgan fingerprint density at radius 1 is 1.33 bits per heavy atom. The molecule has 3 heteroatoms. The van der Waals surface area contributed by atoms with Crippen LogP contribution in [-0.4, -0.2) is 11.1 Å². The summed E-state index contributed by atoms with van der Waals surface area (Å²) >= 11 is 0. The molecule has 0 fully saturated rings. The van der Waals surface area contributed by atoms with Gasteiger partial charge in [-0.3, -0.25) is 0 Å². The topological polar surface area (TPSA) is 50.4 Å². The largest absolute Gasteiger partial charge is 0.475 e. The Labute approximate surface area is 87.3 Å². The van der Waals surface area contributed by atoms with E-state index < -0.39 is 5.97 Å². The second-order valence-corrected chi connectivity index (χ2v) is 3.80. The maximum absolute atomic E-state index is 11.0. The van der Waals surface area contributed by atoms with Crippen molar-refractivity contribution < 1.29 is 14.3 Å². The minimum Gasteiger partial charge on any atom is -0.475 e. The predicted molar refractivity (Wildman–Crippen MR) is 57.3 cm³/mol. The highest BCUT2D eigenvalue weighted by molar-refractivity contribution is 5.95. The Kier molecular flexibility index (Phi) is 2.23. The van der Waals surface area contributed by atoms with Gasteiger partial charge in [0.1, 0.15) is 5.58 Å². The lowest BCUT2D eigenvalue weighted by Crippen LogP contribution is -2.00. The quantitative estimate of drug-likeness (QED) is 0.816. The normalized spacial score (nSPS) is 11.1. The molecule has 0 bridgehead atoms. The molecule has 1 N–H and O–H groups in total. The molecule has 15 heavy (non-hydrogen) atoms. The third-order valence-corrected chi connectivity index (χ3v) is 2.41. The maximum atomic E-state index is 11.0. The highest BCUT2D eigenvalue weighted by Crippen LogP contribution is 2.31. The van der Waals surface area contributed by atoms with E-state index in [1.165, 1.54) is 0 Å². The first-order valence-electron chi connectivity index (χ1n) is 4.86. The van der Waals surface area contributed by atoms with E-state index in [4.69, 9.17) is 9.52 Å². The van der Waals surface area contributed by atoms with Crippen molar-refractivity contribution in [1.82, 2.24) is 0 Å². The van der Waals surface area contributed by atoms with Crippen molar-refractivity contribution in [3.8, 4) is 0 Å². The van der Waals surface area contributed by atoms with Crippen LogP contribution in [0.5, 0.6) is 0 Å². The molecule has 1 heterocycles. The van der Waals surface area contributed by atoms with Crippen LogP contribution in [0.4, 0.5) is 0 Å². The molecular weight excluding hydrogens is 192 g/mol. The number of carbonyl (C=O) groups is 1. The van der Waals surface area contributed by atoms with Crippen molar-refractivity contribution in [3.63, 3.8) is 0 Å². The number of hydrogen-bond donors (Lipinski definition) is 1. The number of para-hydroxylation sites is 1. The van der Waals surface area contributed by atoms with Crippen molar-refractivity contribution in [2.45, 2.75) is 19.8 Å². The molecular formula is C12H12O3. The maximum Gasteiger partial charge on any atom is 0.372 e. The van der Waals surface area contributed by atoms with Crippen LogP contribution in [0.3, 0.4) is 0 Å². The zero-order valence-electron chi connectivity index (χ0n) is 8.65. The summed E-state index contributed by atoms with van der Waals surface area (Å²) in [5.41, 5.74) is 1.41. The second-order valence-electron chi connectivity index (χ2n) is 3.80. The van der Waals surface area contributed by atoms with E-state index in [-0.39, 0.29) is 11.7 Å². The number of carboxylic acid groups (broad SMARTS) is 1. The lowest BCUT2D eigenvalue weighted by atomic mass is 9.99. The summed E-state index contributed by atoms with van der Waals surface area (Å²) in [7, 11) is 0. The molecule has 1 aromatic carbocycles. The first-order valence-corrected chi connectivity index (χ1v) is 4.86. The van der Waals surface area contributed by atoms with E-state index in [0.717, 1.165) is 10.9 Å². The first-order chi connectivity index (χ1) is 7.11. The van der Waals surface area contributed by atoms with Gasteiger partial charge in [0.05, 0.1) is 0 Å². The van der Waals surface area contributed by atoms with Gasteiger partial charge in [0.15, 0.2) is 0 Å². The monoisotopic (exact) mass is 204 g/mol. The Morgan fingerprint density at radius 3 is 2.60 bits per heavy atom. The minimum atomic E-state index is -1.00. The number of benzene rings is 1. The van der Waals surface area contributed by atoms with E-state index in [2.05, 4.69) is 0 Å². The summed E-state index contributed by atoms with van der Waals surface area (Å²) in [4.78, 5) is 11.0. The number of fused-ring (bicyclic) bond motifs is 1. The lowest BCUT2D eigenvalue weighted by molar-refractivity contribution is 0.0663. The summed E-state index contributed by atoms with van der Waals surface area (Å²) in [5, 5.41) is 9.92. The molecule has 3 nitrogen and oxygen atoms in total. The summed E-state index contributed by atoms with van der Waals surface area (Å²) in [6.07, 6.45) is 0. The van der Waals surface area contributed by atoms with Crippen molar-refractivity contribution in [2.75, 3.05) is 0 Å². The average Bonchev–Trinajstić information content (AvgIpc) is 2.56. The smallest absolute Gasteiger partial charge is 0.372 e. The molecule has 0 atom stereocenters. The molecule has 0 aliphatic heterocycles. The molecule has 0 aliphatic carbocycles. The summed E-state index contributed by atoms with van der Waals surface area (Å²) in [5.74, 6) is -0.805. The second kappa shape index (κ2) is 3.42. The summed E-state index contributed by atoms with van der Waals surface area (Å²) in [6.45, 7) is 3.92. The standard InChI is InChI=1S/C12H12O3/c1-7(2)10-8-5-3-4-6-9(8)15-11(10)12(13)14/h3-7H,1-2H3,(H,13,14). The third kappa shape index (κ3) is 1.50. The number of aromatic carboxylic acids is 1. The summed E-state index contributed by atoms with van der Waals surface area (Å²) < 4.78 is 5.32. The molecule has 1 aromatic heterocycles. The van der Waals surface area contributed by atoms with Gasteiger partial charge in [0, 0.05) is 10.9 Å². The minimum absolute atomic E-state index is 0.0613. The number of furan rings is 1. The van der Waals surface area contributed by atoms with Crippen LogP contribution < -0.4 is 0 Å². The number of rotatable bonds is 2. The van der Waals surface area contributed by atoms with Gasteiger partial charge in [-0.05, 0) is 12.0 Å². The Morgan fingerprint density at radius 2 is 2.00 bits per heavy atom. The zero-order chi connectivity index (χ0) is 11.0. The van der Waals surface area contributed by atoms with Crippen LogP contribution >= 0.6 is 0 Å². The van der Waals surface area contributed by atoms with Crippen molar-refractivity contribution >= 4 is 16.9 Å².